The average molecular weight is 455 g/mol. The summed E-state index contributed by atoms with van der Waals surface area (Å²) in [6.45, 7) is 2.29. The van der Waals surface area contributed by atoms with E-state index in [1.54, 1.807) is 17.7 Å². The van der Waals surface area contributed by atoms with Crippen molar-refractivity contribution in [1.29, 1.82) is 0 Å². The molecule has 2 aromatic carbocycles. The lowest BCUT2D eigenvalue weighted by Gasteiger charge is -2.09. The van der Waals surface area contributed by atoms with E-state index >= 15 is 0 Å². The van der Waals surface area contributed by atoms with Crippen molar-refractivity contribution in [2.45, 2.75) is 13.5 Å². The largest absolute Gasteiger partial charge is 0.332 e. The fourth-order valence-electron chi connectivity index (χ4n) is 3.35. The van der Waals surface area contributed by atoms with E-state index in [1.165, 1.54) is 30.0 Å². The highest BCUT2D eigenvalue weighted by atomic mass is 35.5. The summed E-state index contributed by atoms with van der Waals surface area (Å²) >= 11 is 6.04. The van der Waals surface area contributed by atoms with Crippen molar-refractivity contribution in [1.82, 2.24) is 18.7 Å². The molecule has 0 amide bonds. The van der Waals surface area contributed by atoms with Crippen LogP contribution in [0.5, 0.6) is 0 Å². The Bertz CT molecular complexity index is 1450. The number of benzene rings is 2. The topological polar surface area (TPSA) is 86.2 Å². The summed E-state index contributed by atoms with van der Waals surface area (Å²) in [5.41, 5.74) is 4.41. The van der Waals surface area contributed by atoms with Crippen molar-refractivity contribution in [3.8, 4) is 0 Å². The Morgan fingerprint density at radius 1 is 1.12 bits per heavy atom. The summed E-state index contributed by atoms with van der Waals surface area (Å²) in [6, 6.07) is 12.2. The van der Waals surface area contributed by atoms with Crippen molar-refractivity contribution >= 4 is 34.9 Å². The van der Waals surface area contributed by atoms with Crippen molar-refractivity contribution in [3.63, 3.8) is 0 Å². The number of rotatable bonds is 5. The number of hydrogen-bond donors (Lipinski definition) is 1. The molecule has 1 N–H and O–H groups in total. The molecule has 2 aromatic heterocycles. The van der Waals surface area contributed by atoms with Crippen LogP contribution in [0.15, 0.2) is 57.2 Å². The smallest absolute Gasteiger partial charge is 0.298 e. The van der Waals surface area contributed by atoms with Gasteiger partial charge in [0.1, 0.15) is 5.82 Å². The van der Waals surface area contributed by atoms with Crippen LogP contribution in [0.25, 0.3) is 11.2 Å². The van der Waals surface area contributed by atoms with E-state index in [9.17, 15) is 14.0 Å². The minimum atomic E-state index is -0.521. The Hall–Kier alpha value is -3.72. The Balaban J connectivity index is 1.83. The second-order valence-electron chi connectivity index (χ2n) is 7.39. The molecule has 0 aliphatic rings. The summed E-state index contributed by atoms with van der Waals surface area (Å²) in [7, 11) is 2.96. The van der Waals surface area contributed by atoms with Gasteiger partial charge in [0.05, 0.1) is 17.8 Å². The molecule has 0 atom stereocenters. The predicted molar refractivity (Wildman–Crippen MR) is 123 cm³/mol. The molecule has 0 aliphatic heterocycles. The molecule has 0 saturated heterocycles. The van der Waals surface area contributed by atoms with Crippen molar-refractivity contribution in [3.05, 3.63) is 90.8 Å². The standard InChI is InChI=1S/C22H20ClFN6O2/c1-13-7-9-14(10-8-13)12-30-18-19(28(2)22(32)29(3)20(18)31)26-21(30)27-25-11-15-16(23)5-4-6-17(15)24/h4-11H,12H2,1-3H3,(H,26,27)/b25-11+. The van der Waals surface area contributed by atoms with Crippen molar-refractivity contribution < 1.29 is 4.39 Å². The maximum Gasteiger partial charge on any atom is 0.332 e. The van der Waals surface area contributed by atoms with Crippen molar-refractivity contribution in [2.24, 2.45) is 19.2 Å². The van der Waals surface area contributed by atoms with E-state index in [-0.39, 0.29) is 27.7 Å². The van der Waals surface area contributed by atoms with Gasteiger partial charge in [0.25, 0.3) is 5.56 Å². The number of hydrazone groups is 1. The third kappa shape index (κ3) is 3.82. The first-order chi connectivity index (χ1) is 15.3. The molecule has 0 unspecified atom stereocenters. The van der Waals surface area contributed by atoms with Gasteiger partial charge in [0.15, 0.2) is 11.2 Å². The molecule has 2 heterocycles. The van der Waals surface area contributed by atoms with Crippen LogP contribution in [0.1, 0.15) is 16.7 Å². The number of anilines is 1. The van der Waals surface area contributed by atoms with Gasteiger partial charge in [0.2, 0.25) is 5.95 Å². The third-order valence-corrected chi connectivity index (χ3v) is 5.50. The molecule has 0 saturated carbocycles. The first-order valence-electron chi connectivity index (χ1n) is 9.73. The Morgan fingerprint density at radius 3 is 2.53 bits per heavy atom. The van der Waals surface area contributed by atoms with E-state index in [4.69, 9.17) is 11.6 Å². The van der Waals surface area contributed by atoms with E-state index in [2.05, 4.69) is 15.5 Å². The normalized spacial score (nSPS) is 11.5. The van der Waals surface area contributed by atoms with Crippen LogP contribution < -0.4 is 16.7 Å². The number of hydrogen-bond acceptors (Lipinski definition) is 5. The summed E-state index contributed by atoms with van der Waals surface area (Å²) in [6.07, 6.45) is 1.24. The Labute approximate surface area is 187 Å². The average Bonchev–Trinajstić information content (AvgIpc) is 3.12. The first-order valence-corrected chi connectivity index (χ1v) is 10.1. The Kier molecular flexibility index (Phi) is 5.67. The number of nitrogens with zero attached hydrogens (tertiary/aromatic N) is 5. The number of halogens is 2. The maximum atomic E-state index is 14.0. The second kappa shape index (κ2) is 8.43. The number of imidazole rings is 1. The predicted octanol–water partition coefficient (Wildman–Crippen LogP) is 3.03. The van der Waals surface area contributed by atoms with E-state index in [1.807, 2.05) is 31.2 Å². The fraction of sp³-hybridized carbons (Fsp3) is 0.182. The highest BCUT2D eigenvalue weighted by Crippen LogP contribution is 2.19. The lowest BCUT2D eigenvalue weighted by atomic mass is 10.1. The maximum absolute atomic E-state index is 14.0. The lowest BCUT2D eigenvalue weighted by Crippen LogP contribution is -2.37. The monoisotopic (exact) mass is 454 g/mol. The zero-order chi connectivity index (χ0) is 23.0. The molecular formula is C22H20ClFN6O2. The first kappa shape index (κ1) is 21.5. The van der Waals surface area contributed by atoms with Gasteiger partial charge in [-0.25, -0.2) is 14.6 Å². The van der Waals surface area contributed by atoms with Gasteiger partial charge < -0.3 is 0 Å². The summed E-state index contributed by atoms with van der Waals surface area (Å²) in [4.78, 5) is 29.7. The van der Waals surface area contributed by atoms with Gasteiger partial charge in [-0.05, 0) is 24.6 Å². The molecule has 32 heavy (non-hydrogen) atoms. The van der Waals surface area contributed by atoms with Crippen molar-refractivity contribution in [2.75, 3.05) is 5.43 Å². The van der Waals surface area contributed by atoms with Crippen LogP contribution in [-0.4, -0.2) is 24.9 Å². The van der Waals surface area contributed by atoms with E-state index in [0.29, 0.717) is 6.54 Å². The third-order valence-electron chi connectivity index (χ3n) is 5.17. The Morgan fingerprint density at radius 2 is 1.84 bits per heavy atom. The zero-order valence-corrected chi connectivity index (χ0v) is 18.4. The highest BCUT2D eigenvalue weighted by molar-refractivity contribution is 6.33. The molecule has 164 valence electrons. The minimum Gasteiger partial charge on any atom is -0.298 e. The molecule has 4 rings (SSSR count). The quantitative estimate of drug-likeness (QED) is 0.371. The van der Waals surface area contributed by atoms with Crippen LogP contribution in [0.2, 0.25) is 5.02 Å². The van der Waals surface area contributed by atoms with Gasteiger partial charge in [-0.1, -0.05) is 47.5 Å². The number of aryl methyl sites for hydroxylation is 2. The van der Waals surface area contributed by atoms with Gasteiger partial charge in [-0.3, -0.25) is 18.5 Å². The highest BCUT2D eigenvalue weighted by Gasteiger charge is 2.19. The summed E-state index contributed by atoms with van der Waals surface area (Å²) < 4.78 is 18.0. The van der Waals surface area contributed by atoms with Gasteiger partial charge in [-0.15, -0.1) is 0 Å². The van der Waals surface area contributed by atoms with Crippen LogP contribution in [0.4, 0.5) is 10.3 Å². The molecule has 0 bridgehead atoms. The summed E-state index contributed by atoms with van der Waals surface area (Å²) in [5.74, 6) is -0.296. The lowest BCUT2D eigenvalue weighted by molar-refractivity contribution is 0.626. The van der Waals surface area contributed by atoms with Gasteiger partial charge >= 0.3 is 5.69 Å². The van der Waals surface area contributed by atoms with E-state index in [0.717, 1.165) is 15.7 Å². The molecule has 10 heteroatoms. The summed E-state index contributed by atoms with van der Waals surface area (Å²) in [5, 5.41) is 4.28. The van der Waals surface area contributed by atoms with Crippen LogP contribution in [0.3, 0.4) is 0 Å². The van der Waals surface area contributed by atoms with Crippen LogP contribution >= 0.6 is 11.6 Å². The van der Waals surface area contributed by atoms with Gasteiger partial charge in [0, 0.05) is 19.7 Å². The number of aromatic nitrogens is 4. The molecule has 0 radical (unpaired) electrons. The van der Waals surface area contributed by atoms with Crippen LogP contribution in [-0.2, 0) is 20.6 Å². The zero-order valence-electron chi connectivity index (χ0n) is 17.6. The second-order valence-corrected chi connectivity index (χ2v) is 7.80. The molecule has 4 aromatic rings. The fourth-order valence-corrected chi connectivity index (χ4v) is 3.56. The SMILES string of the molecule is Cc1ccc(Cn2c(N/N=C/c3c(F)cccc3Cl)nc3c2c(=O)n(C)c(=O)n3C)cc1. The van der Waals surface area contributed by atoms with E-state index < -0.39 is 17.1 Å². The van der Waals surface area contributed by atoms with Crippen LogP contribution in [0, 0.1) is 12.7 Å². The molecular weight excluding hydrogens is 435 g/mol. The minimum absolute atomic E-state index is 0.117. The molecule has 8 nitrogen and oxygen atoms in total. The molecule has 0 spiro atoms. The molecule has 0 fully saturated rings. The van der Waals surface area contributed by atoms with Gasteiger partial charge in [-0.2, -0.15) is 10.1 Å². The number of fused-ring (bicyclic) bond motifs is 1. The molecule has 0 aliphatic carbocycles. The number of nitrogens with one attached hydrogen (secondary N) is 1.